The number of benzene rings is 1. The van der Waals surface area contributed by atoms with Gasteiger partial charge in [-0.2, -0.15) is 13.2 Å². The third kappa shape index (κ3) is 3.19. The van der Waals surface area contributed by atoms with Crippen LogP contribution in [0.25, 0.3) is 0 Å². The molecule has 1 aliphatic carbocycles. The summed E-state index contributed by atoms with van der Waals surface area (Å²) in [6, 6.07) is 2.02. The lowest BCUT2D eigenvalue weighted by atomic mass is 9.78. The lowest BCUT2D eigenvalue weighted by Crippen LogP contribution is -2.23. The second-order valence-electron chi connectivity index (χ2n) is 5.53. The standard InChI is InChI=1S/C15H16F4O/c1-9-3-2-4-10(7-9)14(20)12-8-11(15(17,18)19)5-6-13(12)16/h5-6,8-10H,2-4,7H2,1H3. The molecule has 2 rings (SSSR count). The quantitative estimate of drug-likeness (QED) is 0.561. The van der Waals surface area contributed by atoms with Crippen molar-refractivity contribution in [3.63, 3.8) is 0 Å². The van der Waals surface area contributed by atoms with Crippen LogP contribution >= 0.6 is 0 Å². The Bertz CT molecular complexity index is 507. The molecule has 0 N–H and O–H groups in total. The Morgan fingerprint density at radius 2 is 1.95 bits per heavy atom. The average Bonchev–Trinajstić information content (AvgIpc) is 2.37. The first-order chi connectivity index (χ1) is 9.29. The van der Waals surface area contributed by atoms with Crippen molar-refractivity contribution in [2.75, 3.05) is 0 Å². The van der Waals surface area contributed by atoms with Crippen molar-refractivity contribution in [3.8, 4) is 0 Å². The van der Waals surface area contributed by atoms with Gasteiger partial charge in [0.2, 0.25) is 0 Å². The molecule has 0 amide bonds. The van der Waals surface area contributed by atoms with E-state index < -0.39 is 28.9 Å². The lowest BCUT2D eigenvalue weighted by molar-refractivity contribution is -0.137. The fourth-order valence-electron chi connectivity index (χ4n) is 2.78. The number of hydrogen-bond donors (Lipinski definition) is 0. The van der Waals surface area contributed by atoms with Crippen molar-refractivity contribution in [2.24, 2.45) is 11.8 Å². The molecule has 1 fully saturated rings. The Morgan fingerprint density at radius 3 is 2.55 bits per heavy atom. The van der Waals surface area contributed by atoms with Gasteiger partial charge < -0.3 is 0 Å². The van der Waals surface area contributed by atoms with Crippen LogP contribution in [0.4, 0.5) is 17.6 Å². The molecule has 0 aromatic heterocycles. The van der Waals surface area contributed by atoms with Gasteiger partial charge in [0.15, 0.2) is 5.78 Å². The number of alkyl halides is 3. The number of halogens is 4. The van der Waals surface area contributed by atoms with E-state index in [1.54, 1.807) is 0 Å². The number of hydrogen-bond acceptors (Lipinski definition) is 1. The van der Waals surface area contributed by atoms with Crippen molar-refractivity contribution in [1.82, 2.24) is 0 Å². The second-order valence-corrected chi connectivity index (χ2v) is 5.53. The van der Waals surface area contributed by atoms with Crippen LogP contribution in [0.15, 0.2) is 18.2 Å². The first-order valence-corrected chi connectivity index (χ1v) is 6.70. The fraction of sp³-hybridized carbons (Fsp3) is 0.533. The smallest absolute Gasteiger partial charge is 0.294 e. The maximum absolute atomic E-state index is 13.7. The molecule has 1 nitrogen and oxygen atoms in total. The minimum Gasteiger partial charge on any atom is -0.294 e. The zero-order valence-corrected chi connectivity index (χ0v) is 11.1. The fourth-order valence-corrected chi connectivity index (χ4v) is 2.78. The third-order valence-electron chi connectivity index (χ3n) is 3.87. The highest BCUT2D eigenvalue weighted by Crippen LogP contribution is 2.34. The number of carbonyl (C=O) groups excluding carboxylic acids is 1. The van der Waals surface area contributed by atoms with Crippen molar-refractivity contribution in [1.29, 1.82) is 0 Å². The van der Waals surface area contributed by atoms with Gasteiger partial charge in [-0.15, -0.1) is 0 Å². The summed E-state index contributed by atoms with van der Waals surface area (Å²) in [6.45, 7) is 2.00. The molecule has 20 heavy (non-hydrogen) atoms. The molecule has 0 heterocycles. The Hall–Kier alpha value is -1.39. The van der Waals surface area contributed by atoms with E-state index in [2.05, 4.69) is 0 Å². The van der Waals surface area contributed by atoms with Gasteiger partial charge in [-0.05, 0) is 37.0 Å². The van der Waals surface area contributed by atoms with Gasteiger partial charge in [-0.3, -0.25) is 4.79 Å². The summed E-state index contributed by atoms with van der Waals surface area (Å²) in [4.78, 5) is 12.2. The van der Waals surface area contributed by atoms with E-state index in [9.17, 15) is 22.4 Å². The first kappa shape index (κ1) is 15.0. The van der Waals surface area contributed by atoms with Gasteiger partial charge >= 0.3 is 6.18 Å². The van der Waals surface area contributed by atoms with Crippen LogP contribution < -0.4 is 0 Å². The van der Waals surface area contributed by atoms with Crippen molar-refractivity contribution < 1.29 is 22.4 Å². The van der Waals surface area contributed by atoms with Gasteiger partial charge in [0.25, 0.3) is 0 Å². The number of ketones is 1. The van der Waals surface area contributed by atoms with Gasteiger partial charge in [0.1, 0.15) is 5.82 Å². The molecule has 0 radical (unpaired) electrons. The molecule has 2 atom stereocenters. The molecule has 5 heteroatoms. The minimum atomic E-state index is -4.57. The molecule has 0 aliphatic heterocycles. The number of carbonyl (C=O) groups is 1. The Morgan fingerprint density at radius 1 is 1.25 bits per heavy atom. The largest absolute Gasteiger partial charge is 0.416 e. The lowest BCUT2D eigenvalue weighted by Gasteiger charge is -2.25. The summed E-state index contributed by atoms with van der Waals surface area (Å²) in [5.74, 6) is -1.38. The summed E-state index contributed by atoms with van der Waals surface area (Å²) in [6.07, 6.45) is -1.46. The molecule has 2 unspecified atom stereocenters. The van der Waals surface area contributed by atoms with Crippen LogP contribution in [0.1, 0.15) is 48.5 Å². The van der Waals surface area contributed by atoms with Crippen LogP contribution in [0, 0.1) is 17.7 Å². The van der Waals surface area contributed by atoms with Gasteiger partial charge in [-0.1, -0.05) is 19.8 Å². The maximum Gasteiger partial charge on any atom is 0.416 e. The van der Waals surface area contributed by atoms with E-state index in [4.69, 9.17) is 0 Å². The first-order valence-electron chi connectivity index (χ1n) is 6.70. The highest BCUT2D eigenvalue weighted by atomic mass is 19.4. The highest BCUT2D eigenvalue weighted by molar-refractivity contribution is 5.98. The van der Waals surface area contributed by atoms with Crippen LogP contribution in [0.5, 0.6) is 0 Å². The van der Waals surface area contributed by atoms with E-state index >= 15 is 0 Å². The number of rotatable bonds is 2. The molecule has 110 valence electrons. The molecule has 0 saturated heterocycles. The van der Waals surface area contributed by atoms with Crippen LogP contribution in [0.3, 0.4) is 0 Å². The Balaban J connectivity index is 2.29. The van der Waals surface area contributed by atoms with E-state index in [1.807, 2.05) is 6.92 Å². The Labute approximate surface area is 115 Å². The van der Waals surface area contributed by atoms with E-state index in [1.165, 1.54) is 0 Å². The summed E-state index contributed by atoms with van der Waals surface area (Å²) < 4.78 is 51.6. The molecule has 1 aliphatic rings. The monoisotopic (exact) mass is 288 g/mol. The van der Waals surface area contributed by atoms with Crippen LogP contribution in [-0.2, 0) is 6.18 Å². The van der Waals surface area contributed by atoms with Gasteiger partial charge in [-0.25, -0.2) is 4.39 Å². The molecule has 0 bridgehead atoms. The Kier molecular flexibility index (Phi) is 4.16. The summed E-state index contributed by atoms with van der Waals surface area (Å²) in [5.41, 5.74) is -1.41. The number of Topliss-reactive ketones (excluding diaryl/α,β-unsaturated/α-hetero) is 1. The predicted molar refractivity (Wildman–Crippen MR) is 66.9 cm³/mol. The topological polar surface area (TPSA) is 17.1 Å². The van der Waals surface area contributed by atoms with Crippen molar-refractivity contribution >= 4 is 5.78 Å². The minimum absolute atomic E-state index is 0.353. The highest BCUT2D eigenvalue weighted by Gasteiger charge is 2.33. The van der Waals surface area contributed by atoms with E-state index in [-0.39, 0.29) is 5.92 Å². The molecule has 1 saturated carbocycles. The zero-order chi connectivity index (χ0) is 14.9. The van der Waals surface area contributed by atoms with E-state index in [0.717, 1.165) is 18.9 Å². The van der Waals surface area contributed by atoms with Crippen LogP contribution in [0.2, 0.25) is 0 Å². The molecule has 0 spiro atoms. The third-order valence-corrected chi connectivity index (χ3v) is 3.87. The summed E-state index contributed by atoms with van der Waals surface area (Å²) >= 11 is 0. The molecule has 1 aromatic rings. The van der Waals surface area contributed by atoms with Gasteiger partial charge in [0.05, 0.1) is 11.1 Å². The van der Waals surface area contributed by atoms with Crippen molar-refractivity contribution in [3.05, 3.63) is 35.1 Å². The van der Waals surface area contributed by atoms with Crippen LogP contribution in [-0.4, -0.2) is 5.78 Å². The molecule has 1 aromatic carbocycles. The van der Waals surface area contributed by atoms with Crippen molar-refractivity contribution in [2.45, 2.75) is 38.8 Å². The SMILES string of the molecule is CC1CCCC(C(=O)c2cc(C(F)(F)F)ccc2F)C1. The molecular formula is C15H16F4O. The zero-order valence-electron chi connectivity index (χ0n) is 11.1. The predicted octanol–water partition coefficient (Wildman–Crippen LogP) is 4.85. The second kappa shape index (κ2) is 5.54. The average molecular weight is 288 g/mol. The molecular weight excluding hydrogens is 272 g/mol. The van der Waals surface area contributed by atoms with Gasteiger partial charge in [0, 0.05) is 5.92 Å². The van der Waals surface area contributed by atoms with E-state index in [0.29, 0.717) is 30.9 Å². The summed E-state index contributed by atoms with van der Waals surface area (Å²) in [5, 5.41) is 0. The maximum atomic E-state index is 13.7. The normalized spacial score (nSPS) is 23.6. The summed E-state index contributed by atoms with van der Waals surface area (Å²) in [7, 11) is 0.